The molecule has 0 bridgehead atoms. The number of benzene rings is 1. The minimum Gasteiger partial charge on any atom is -0.399 e. The van der Waals surface area contributed by atoms with E-state index in [1.54, 1.807) is 6.07 Å². The van der Waals surface area contributed by atoms with E-state index >= 15 is 0 Å². The van der Waals surface area contributed by atoms with Crippen LogP contribution in [0.15, 0.2) is 18.2 Å². The largest absolute Gasteiger partial charge is 0.399 e. The lowest BCUT2D eigenvalue weighted by atomic mass is 10.2. The highest BCUT2D eigenvalue weighted by molar-refractivity contribution is 5.67. The molecule has 0 aromatic heterocycles. The first-order chi connectivity index (χ1) is 6.50. The molecule has 0 aliphatic rings. The Hall–Kier alpha value is -1.78. The maximum Gasteiger partial charge on any atom is 0.292 e. The number of rotatable bonds is 3. The Labute approximate surface area is 82.1 Å². The summed E-state index contributed by atoms with van der Waals surface area (Å²) in [6.07, 6.45) is 0. The van der Waals surface area contributed by atoms with Crippen molar-refractivity contribution in [1.82, 2.24) is 0 Å². The van der Waals surface area contributed by atoms with E-state index in [0.717, 1.165) is 0 Å². The zero-order valence-corrected chi connectivity index (χ0v) is 8.15. The summed E-state index contributed by atoms with van der Waals surface area (Å²) in [4.78, 5) is 10.2. The summed E-state index contributed by atoms with van der Waals surface area (Å²) >= 11 is 0. The summed E-state index contributed by atoms with van der Waals surface area (Å²) in [5.74, 6) is 0. The van der Waals surface area contributed by atoms with Gasteiger partial charge in [0.05, 0.1) is 4.92 Å². The number of nitrogen functional groups attached to an aromatic ring is 1. The first-order valence-corrected chi connectivity index (χ1v) is 4.31. The molecule has 14 heavy (non-hydrogen) atoms. The molecular formula is C9H13N3O2. The van der Waals surface area contributed by atoms with Gasteiger partial charge in [0.25, 0.3) is 5.69 Å². The fourth-order valence-corrected chi connectivity index (χ4v) is 1.14. The number of nitrogens with zero attached hydrogens (tertiary/aromatic N) is 1. The molecule has 0 aliphatic carbocycles. The maximum absolute atomic E-state index is 10.6. The van der Waals surface area contributed by atoms with Crippen LogP contribution in [0.1, 0.15) is 13.8 Å². The molecule has 5 heteroatoms. The highest BCUT2D eigenvalue weighted by Gasteiger charge is 2.13. The first-order valence-electron chi connectivity index (χ1n) is 4.31. The van der Waals surface area contributed by atoms with E-state index in [2.05, 4.69) is 5.32 Å². The number of nitrogens with two attached hydrogens (primary N) is 1. The van der Waals surface area contributed by atoms with Gasteiger partial charge in [0, 0.05) is 17.8 Å². The van der Waals surface area contributed by atoms with Gasteiger partial charge in [-0.15, -0.1) is 0 Å². The van der Waals surface area contributed by atoms with Gasteiger partial charge >= 0.3 is 0 Å². The van der Waals surface area contributed by atoms with Crippen LogP contribution in [0.25, 0.3) is 0 Å². The van der Waals surface area contributed by atoms with Gasteiger partial charge in [0.2, 0.25) is 0 Å². The third-order valence-corrected chi connectivity index (χ3v) is 1.66. The van der Waals surface area contributed by atoms with Gasteiger partial charge in [-0.05, 0) is 26.0 Å². The third kappa shape index (κ3) is 2.35. The maximum atomic E-state index is 10.6. The molecule has 3 N–H and O–H groups in total. The zero-order valence-electron chi connectivity index (χ0n) is 8.15. The highest BCUT2D eigenvalue weighted by Crippen LogP contribution is 2.26. The smallest absolute Gasteiger partial charge is 0.292 e. The van der Waals surface area contributed by atoms with E-state index in [4.69, 9.17) is 5.73 Å². The predicted molar refractivity (Wildman–Crippen MR) is 56.3 cm³/mol. The molecule has 1 aromatic carbocycles. The molecular weight excluding hydrogens is 182 g/mol. The Balaban J connectivity index is 3.09. The van der Waals surface area contributed by atoms with E-state index in [1.165, 1.54) is 12.1 Å². The molecule has 1 aromatic rings. The molecule has 76 valence electrons. The lowest BCUT2D eigenvalue weighted by Gasteiger charge is -2.10. The summed E-state index contributed by atoms with van der Waals surface area (Å²) in [5.41, 5.74) is 6.57. The van der Waals surface area contributed by atoms with E-state index in [0.29, 0.717) is 11.4 Å². The Morgan fingerprint density at radius 1 is 1.50 bits per heavy atom. The van der Waals surface area contributed by atoms with Crippen molar-refractivity contribution in [2.75, 3.05) is 11.1 Å². The monoisotopic (exact) mass is 195 g/mol. The molecule has 5 nitrogen and oxygen atoms in total. The number of hydrogen-bond donors (Lipinski definition) is 2. The summed E-state index contributed by atoms with van der Waals surface area (Å²) in [6.45, 7) is 3.82. The van der Waals surface area contributed by atoms with Gasteiger partial charge < -0.3 is 11.1 Å². The topological polar surface area (TPSA) is 81.2 Å². The summed E-state index contributed by atoms with van der Waals surface area (Å²) < 4.78 is 0. The van der Waals surface area contributed by atoms with Gasteiger partial charge in [-0.2, -0.15) is 0 Å². The van der Waals surface area contributed by atoms with Crippen molar-refractivity contribution >= 4 is 17.1 Å². The van der Waals surface area contributed by atoms with Crippen molar-refractivity contribution in [1.29, 1.82) is 0 Å². The van der Waals surface area contributed by atoms with Gasteiger partial charge in [-0.3, -0.25) is 10.1 Å². The van der Waals surface area contributed by atoms with Crippen LogP contribution in [0, 0.1) is 10.1 Å². The van der Waals surface area contributed by atoms with Crippen molar-refractivity contribution in [2.24, 2.45) is 0 Å². The van der Waals surface area contributed by atoms with Gasteiger partial charge in [0.15, 0.2) is 0 Å². The van der Waals surface area contributed by atoms with E-state index in [1.807, 2.05) is 13.8 Å². The molecule has 0 atom stereocenters. The van der Waals surface area contributed by atoms with E-state index < -0.39 is 4.92 Å². The van der Waals surface area contributed by atoms with Crippen molar-refractivity contribution in [2.45, 2.75) is 19.9 Å². The summed E-state index contributed by atoms with van der Waals surface area (Å²) in [6, 6.07) is 4.62. The van der Waals surface area contributed by atoms with Crippen LogP contribution >= 0.6 is 0 Å². The van der Waals surface area contributed by atoms with E-state index in [9.17, 15) is 10.1 Å². The minimum absolute atomic E-state index is 0.0490. The highest BCUT2D eigenvalue weighted by atomic mass is 16.6. The average molecular weight is 195 g/mol. The fourth-order valence-electron chi connectivity index (χ4n) is 1.14. The lowest BCUT2D eigenvalue weighted by Crippen LogP contribution is -2.11. The van der Waals surface area contributed by atoms with Gasteiger partial charge in [0.1, 0.15) is 5.69 Å². The Morgan fingerprint density at radius 3 is 2.64 bits per heavy atom. The van der Waals surface area contributed by atoms with Crippen LogP contribution in [0.4, 0.5) is 17.1 Å². The second-order valence-corrected chi connectivity index (χ2v) is 3.33. The molecule has 0 radical (unpaired) electrons. The molecule has 0 fully saturated rings. The fraction of sp³-hybridized carbons (Fsp3) is 0.333. The van der Waals surface area contributed by atoms with Crippen LogP contribution in [0.2, 0.25) is 0 Å². The van der Waals surface area contributed by atoms with Gasteiger partial charge in [-0.25, -0.2) is 0 Å². The van der Waals surface area contributed by atoms with Crippen LogP contribution in [0.5, 0.6) is 0 Å². The molecule has 0 heterocycles. The molecule has 0 aliphatic heterocycles. The molecule has 0 amide bonds. The normalized spacial score (nSPS) is 10.2. The SMILES string of the molecule is CC(C)Nc1cc(N)ccc1[N+](=O)[O-]. The molecule has 1 rings (SSSR count). The number of hydrogen-bond acceptors (Lipinski definition) is 4. The third-order valence-electron chi connectivity index (χ3n) is 1.66. The molecule has 0 unspecified atom stereocenters. The second-order valence-electron chi connectivity index (χ2n) is 3.33. The van der Waals surface area contributed by atoms with Crippen LogP contribution in [-0.2, 0) is 0 Å². The standard InChI is InChI=1S/C9H13N3O2/c1-6(2)11-8-5-7(10)3-4-9(8)12(13)14/h3-6,11H,10H2,1-2H3. The Bertz CT molecular complexity index is 350. The summed E-state index contributed by atoms with van der Waals surface area (Å²) in [7, 11) is 0. The average Bonchev–Trinajstić information content (AvgIpc) is 2.01. The minimum atomic E-state index is -0.426. The molecule has 0 saturated carbocycles. The molecule has 0 saturated heterocycles. The lowest BCUT2D eigenvalue weighted by molar-refractivity contribution is -0.384. The number of anilines is 2. The Kier molecular flexibility index (Phi) is 2.91. The number of nitro benzene ring substituents is 1. The molecule has 0 spiro atoms. The van der Waals surface area contributed by atoms with Crippen molar-refractivity contribution in [3.05, 3.63) is 28.3 Å². The quantitative estimate of drug-likeness (QED) is 0.439. The van der Waals surface area contributed by atoms with Crippen LogP contribution in [0.3, 0.4) is 0 Å². The van der Waals surface area contributed by atoms with Crippen molar-refractivity contribution in [3.63, 3.8) is 0 Å². The summed E-state index contributed by atoms with van der Waals surface area (Å²) in [5, 5.41) is 13.6. The second kappa shape index (κ2) is 3.95. The van der Waals surface area contributed by atoms with Gasteiger partial charge in [-0.1, -0.05) is 0 Å². The van der Waals surface area contributed by atoms with Crippen molar-refractivity contribution < 1.29 is 4.92 Å². The van der Waals surface area contributed by atoms with Crippen LogP contribution < -0.4 is 11.1 Å². The number of nitrogens with one attached hydrogen (secondary N) is 1. The van der Waals surface area contributed by atoms with Crippen LogP contribution in [-0.4, -0.2) is 11.0 Å². The predicted octanol–water partition coefficient (Wildman–Crippen LogP) is 2.00. The van der Waals surface area contributed by atoms with Crippen molar-refractivity contribution in [3.8, 4) is 0 Å². The number of nitro groups is 1. The van der Waals surface area contributed by atoms with E-state index in [-0.39, 0.29) is 11.7 Å². The zero-order chi connectivity index (χ0) is 10.7. The first kappa shape index (κ1) is 10.3. The Morgan fingerprint density at radius 2 is 2.14 bits per heavy atom.